The number of aliphatic hydroxyl groups is 1. The lowest BCUT2D eigenvalue weighted by Crippen LogP contribution is -2.35. The summed E-state index contributed by atoms with van der Waals surface area (Å²) in [5.74, 6) is -0.0356. The highest BCUT2D eigenvalue weighted by atomic mass is 19.1. The first-order valence-electron chi connectivity index (χ1n) is 13.5. The number of carbonyl (C=O) groups excluding carboxylic acids is 1. The summed E-state index contributed by atoms with van der Waals surface area (Å²) in [6.45, 7) is 25.8. The summed E-state index contributed by atoms with van der Waals surface area (Å²) in [5, 5.41) is 9.54. The molecule has 0 aliphatic rings. The van der Waals surface area contributed by atoms with Gasteiger partial charge in [0.2, 0.25) is 0 Å². The number of carbonyl (C=O) groups is 1. The fourth-order valence-electron chi connectivity index (χ4n) is 3.21. The van der Waals surface area contributed by atoms with Crippen molar-refractivity contribution in [1.29, 1.82) is 0 Å². The molecule has 0 atom stereocenters. The molecule has 1 heterocycles. The van der Waals surface area contributed by atoms with Crippen LogP contribution in [0.3, 0.4) is 0 Å². The van der Waals surface area contributed by atoms with Crippen molar-refractivity contribution in [2.45, 2.75) is 68.5 Å². The number of halogens is 1. The van der Waals surface area contributed by atoms with Crippen molar-refractivity contribution in [3.63, 3.8) is 0 Å². The van der Waals surface area contributed by atoms with Crippen LogP contribution >= 0.6 is 0 Å². The molecule has 0 amide bonds. The molecule has 0 saturated heterocycles. The zero-order valence-corrected chi connectivity index (χ0v) is 25.4. The summed E-state index contributed by atoms with van der Waals surface area (Å²) in [6.07, 6.45) is 14.5. The van der Waals surface area contributed by atoms with Crippen LogP contribution in [-0.2, 0) is 17.9 Å². The Kier molecular flexibility index (Phi) is 28.1. The van der Waals surface area contributed by atoms with Gasteiger partial charge in [0.05, 0.1) is 30.2 Å². The quantitative estimate of drug-likeness (QED) is 0.144. The van der Waals surface area contributed by atoms with Gasteiger partial charge >= 0.3 is 0 Å². The third-order valence-corrected chi connectivity index (χ3v) is 4.56. The van der Waals surface area contributed by atoms with E-state index in [1.807, 2.05) is 64.1 Å². The molecule has 0 fully saturated rings. The Balaban J connectivity index is -0.00000190. The van der Waals surface area contributed by atoms with Gasteiger partial charge in [-0.15, -0.1) is 0 Å². The molecular formula is C31H53FN4O2. The van der Waals surface area contributed by atoms with Gasteiger partial charge in [-0.05, 0) is 44.2 Å². The number of nitrogens with zero attached hydrogens (tertiary/aromatic N) is 4. The van der Waals surface area contributed by atoms with Crippen LogP contribution < -0.4 is 0 Å². The van der Waals surface area contributed by atoms with E-state index in [1.54, 1.807) is 43.8 Å². The second kappa shape index (κ2) is 27.0. The summed E-state index contributed by atoms with van der Waals surface area (Å²) in [4.78, 5) is 19.6. The second-order valence-corrected chi connectivity index (χ2v) is 7.62. The van der Waals surface area contributed by atoms with Crippen molar-refractivity contribution in [2.24, 2.45) is 0 Å². The Labute approximate surface area is 232 Å². The Bertz CT molecular complexity index is 874. The average molecular weight is 533 g/mol. The molecule has 0 saturated carbocycles. The Morgan fingerprint density at radius 3 is 2.11 bits per heavy atom. The molecule has 1 rings (SSSR count). The van der Waals surface area contributed by atoms with E-state index in [1.165, 1.54) is 13.0 Å². The number of rotatable bonds is 15. The smallest absolute Gasteiger partial charge is 0.133 e. The van der Waals surface area contributed by atoms with Gasteiger partial charge in [-0.1, -0.05) is 79.0 Å². The number of aldehydes is 1. The first-order chi connectivity index (χ1) is 18.3. The van der Waals surface area contributed by atoms with Gasteiger partial charge in [-0.3, -0.25) is 4.90 Å². The number of likely N-dealkylation sites (N-methyl/N-ethyl adjacent to an activating group) is 1. The minimum absolute atomic E-state index is 0.241. The Morgan fingerprint density at radius 1 is 1.03 bits per heavy atom. The van der Waals surface area contributed by atoms with Crippen LogP contribution in [0, 0.1) is 0 Å². The van der Waals surface area contributed by atoms with E-state index < -0.39 is 0 Å². The summed E-state index contributed by atoms with van der Waals surface area (Å²) in [6, 6.07) is 0. The minimum Gasteiger partial charge on any atom is -0.513 e. The van der Waals surface area contributed by atoms with Gasteiger partial charge in [-0.25, -0.2) is 9.37 Å². The van der Waals surface area contributed by atoms with Crippen molar-refractivity contribution < 1.29 is 14.3 Å². The lowest BCUT2D eigenvalue weighted by molar-refractivity contribution is -0.109. The van der Waals surface area contributed by atoms with E-state index in [9.17, 15) is 14.3 Å². The van der Waals surface area contributed by atoms with E-state index >= 15 is 0 Å². The van der Waals surface area contributed by atoms with Gasteiger partial charge in [0.25, 0.3) is 0 Å². The monoisotopic (exact) mass is 532 g/mol. The van der Waals surface area contributed by atoms with Crippen molar-refractivity contribution in [1.82, 2.24) is 19.4 Å². The molecule has 0 aromatic carbocycles. The van der Waals surface area contributed by atoms with Gasteiger partial charge in [0, 0.05) is 38.9 Å². The Morgan fingerprint density at radius 2 is 1.61 bits per heavy atom. The molecule has 1 N–H and O–H groups in total. The SMILES string of the molecule is C=C/C=C(\C=C(/C)O)CN(C)CCN(CC=O)Cc1cncn1CC(/C=C(\C)F)=C/C=C.CC.CC.CC. The summed E-state index contributed by atoms with van der Waals surface area (Å²) in [7, 11) is 1.98. The predicted octanol–water partition coefficient (Wildman–Crippen LogP) is 7.45. The highest BCUT2D eigenvalue weighted by molar-refractivity contribution is 5.52. The lowest BCUT2D eigenvalue weighted by Gasteiger charge is -2.24. The van der Waals surface area contributed by atoms with E-state index in [2.05, 4.69) is 23.0 Å². The third kappa shape index (κ3) is 20.1. The number of hydrogen-bond donors (Lipinski definition) is 1. The van der Waals surface area contributed by atoms with Crippen LogP contribution in [0.1, 0.15) is 61.1 Å². The maximum Gasteiger partial charge on any atom is 0.133 e. The van der Waals surface area contributed by atoms with Gasteiger partial charge in [0.15, 0.2) is 0 Å². The predicted molar refractivity (Wildman–Crippen MR) is 163 cm³/mol. The van der Waals surface area contributed by atoms with Crippen molar-refractivity contribution >= 4 is 6.29 Å². The Hall–Kier alpha value is -3.03. The standard InChI is InChI=1S/C25H35FN4O2.3C2H6/c1-6-8-23(14-21(3)26)18-30-20-27-16-25(30)19-29(12-13-31)11-10-28(5)17-24(9-7-2)15-22(4)32;3*1-2/h6-9,13-16,20,32H,1-2,10-12,17-19H2,3-5H3;3*1-2H3/b21-14+,22-15+,23-8+,24-9+;;;. The number of hydrogen-bond acceptors (Lipinski definition) is 5. The number of allylic oxidation sites excluding steroid dienone is 8. The number of aliphatic hydroxyl groups excluding tert-OH is 1. The van der Waals surface area contributed by atoms with Crippen LogP contribution in [0.15, 0.2) is 84.9 Å². The maximum absolute atomic E-state index is 13.4. The van der Waals surface area contributed by atoms with Crippen LogP contribution in [0.2, 0.25) is 0 Å². The van der Waals surface area contributed by atoms with E-state index in [0.29, 0.717) is 32.7 Å². The topological polar surface area (TPSA) is 61.6 Å². The highest BCUT2D eigenvalue weighted by Crippen LogP contribution is 2.12. The average Bonchev–Trinajstić information content (AvgIpc) is 3.32. The lowest BCUT2D eigenvalue weighted by atomic mass is 10.2. The van der Waals surface area contributed by atoms with Crippen molar-refractivity contribution in [3.8, 4) is 0 Å². The van der Waals surface area contributed by atoms with Gasteiger partial charge in [0.1, 0.15) is 6.29 Å². The third-order valence-electron chi connectivity index (χ3n) is 4.56. The van der Waals surface area contributed by atoms with Crippen molar-refractivity contribution in [2.75, 3.05) is 33.2 Å². The van der Waals surface area contributed by atoms with Crippen LogP contribution in [-0.4, -0.2) is 64.0 Å². The number of aromatic nitrogens is 2. The fourth-order valence-corrected chi connectivity index (χ4v) is 3.21. The number of imidazole rings is 1. The summed E-state index contributed by atoms with van der Waals surface area (Å²) in [5.41, 5.74) is 2.65. The summed E-state index contributed by atoms with van der Waals surface area (Å²) >= 11 is 0. The van der Waals surface area contributed by atoms with E-state index in [0.717, 1.165) is 29.7 Å². The zero-order chi connectivity index (χ0) is 29.9. The first-order valence-corrected chi connectivity index (χ1v) is 13.5. The van der Waals surface area contributed by atoms with E-state index in [4.69, 9.17) is 0 Å². The molecular weight excluding hydrogens is 479 g/mol. The molecule has 0 aliphatic carbocycles. The van der Waals surface area contributed by atoms with Crippen molar-refractivity contribution in [3.05, 3.63) is 90.6 Å². The van der Waals surface area contributed by atoms with Gasteiger partial charge < -0.3 is 19.4 Å². The molecule has 6 nitrogen and oxygen atoms in total. The van der Waals surface area contributed by atoms with Gasteiger partial charge in [-0.2, -0.15) is 0 Å². The van der Waals surface area contributed by atoms with Crippen LogP contribution in [0.5, 0.6) is 0 Å². The first kappa shape index (κ1) is 39.5. The molecule has 0 aliphatic heterocycles. The highest BCUT2D eigenvalue weighted by Gasteiger charge is 2.12. The maximum atomic E-state index is 13.4. The second-order valence-electron chi connectivity index (χ2n) is 7.62. The molecule has 216 valence electrons. The molecule has 1 aromatic rings. The molecule has 0 unspecified atom stereocenters. The van der Waals surface area contributed by atoms with Crippen LogP contribution in [0.4, 0.5) is 4.39 Å². The minimum atomic E-state index is -0.276. The molecule has 7 heteroatoms. The van der Waals surface area contributed by atoms with Crippen LogP contribution in [0.25, 0.3) is 0 Å². The fraction of sp³-hybridized carbons (Fsp3) is 0.484. The molecule has 1 aromatic heterocycles. The molecule has 0 radical (unpaired) electrons. The molecule has 38 heavy (non-hydrogen) atoms. The largest absolute Gasteiger partial charge is 0.513 e. The molecule has 0 spiro atoms. The normalized spacial score (nSPS) is 12.0. The van der Waals surface area contributed by atoms with E-state index in [-0.39, 0.29) is 11.6 Å². The summed E-state index contributed by atoms with van der Waals surface area (Å²) < 4.78 is 15.3. The molecule has 0 bridgehead atoms. The zero-order valence-electron chi connectivity index (χ0n) is 25.4.